The van der Waals surface area contributed by atoms with Gasteiger partial charge in [-0.15, -0.1) is 0 Å². The van der Waals surface area contributed by atoms with Crippen molar-refractivity contribution in [3.63, 3.8) is 0 Å². The van der Waals surface area contributed by atoms with Crippen molar-refractivity contribution in [2.24, 2.45) is 0 Å². The highest BCUT2D eigenvalue weighted by Gasteiger charge is 2.28. The summed E-state index contributed by atoms with van der Waals surface area (Å²) in [5, 5.41) is 4.22. The van der Waals surface area contributed by atoms with Crippen LogP contribution in [0, 0.1) is 0 Å². The molecule has 1 aromatic carbocycles. The van der Waals surface area contributed by atoms with Crippen molar-refractivity contribution in [1.82, 2.24) is 5.32 Å². The van der Waals surface area contributed by atoms with Crippen LogP contribution in [-0.2, 0) is 11.3 Å². The molecule has 2 rings (SSSR count). The number of benzene rings is 1. The first kappa shape index (κ1) is 13.7. The summed E-state index contributed by atoms with van der Waals surface area (Å²) >= 11 is 6.34. The minimum Gasteiger partial charge on any atom is -0.383 e. The van der Waals surface area contributed by atoms with Crippen molar-refractivity contribution in [1.29, 1.82) is 0 Å². The molecule has 1 N–H and O–H groups in total. The Hall–Kier alpha value is -0.770. The number of rotatable bonds is 7. The van der Waals surface area contributed by atoms with E-state index in [1.54, 1.807) is 7.11 Å². The Morgan fingerprint density at radius 1 is 1.44 bits per heavy atom. The first-order valence-corrected chi connectivity index (χ1v) is 6.81. The summed E-state index contributed by atoms with van der Waals surface area (Å²) in [6.07, 6.45) is 2.55. The van der Waals surface area contributed by atoms with E-state index in [0.29, 0.717) is 6.04 Å². The van der Waals surface area contributed by atoms with Gasteiger partial charge in [-0.05, 0) is 24.5 Å². The summed E-state index contributed by atoms with van der Waals surface area (Å²) in [5.41, 5.74) is 2.43. The lowest BCUT2D eigenvalue weighted by Crippen LogP contribution is -2.24. The van der Waals surface area contributed by atoms with Gasteiger partial charge in [0.05, 0.1) is 17.3 Å². The zero-order chi connectivity index (χ0) is 13.0. The van der Waals surface area contributed by atoms with Crippen molar-refractivity contribution >= 4 is 17.3 Å². The predicted octanol–water partition coefficient (Wildman–Crippen LogP) is 2.67. The second-order valence-electron chi connectivity index (χ2n) is 4.76. The van der Waals surface area contributed by atoms with E-state index < -0.39 is 0 Å². The quantitative estimate of drug-likeness (QED) is 0.770. The molecule has 1 aliphatic carbocycles. The fourth-order valence-electron chi connectivity index (χ4n) is 2.14. The molecule has 0 atom stereocenters. The Morgan fingerprint density at radius 2 is 2.22 bits per heavy atom. The fraction of sp³-hybridized carbons (Fsp3) is 0.571. The Labute approximate surface area is 114 Å². The molecule has 0 unspecified atom stereocenters. The number of methoxy groups -OCH3 is 1. The summed E-state index contributed by atoms with van der Waals surface area (Å²) in [7, 11) is 3.85. The second kappa shape index (κ2) is 6.41. The Morgan fingerprint density at radius 3 is 2.89 bits per heavy atom. The van der Waals surface area contributed by atoms with Gasteiger partial charge < -0.3 is 15.0 Å². The molecule has 3 nitrogen and oxygen atoms in total. The Bertz CT molecular complexity index is 393. The molecule has 1 fully saturated rings. The van der Waals surface area contributed by atoms with Crippen LogP contribution in [0.1, 0.15) is 18.4 Å². The van der Waals surface area contributed by atoms with Gasteiger partial charge in [-0.2, -0.15) is 0 Å². The van der Waals surface area contributed by atoms with Gasteiger partial charge in [-0.3, -0.25) is 0 Å². The molecule has 0 radical (unpaired) electrons. The molecule has 0 amide bonds. The summed E-state index contributed by atoms with van der Waals surface area (Å²) < 4.78 is 5.03. The summed E-state index contributed by atoms with van der Waals surface area (Å²) in [4.78, 5) is 2.32. The Balaban J connectivity index is 2.05. The molecule has 1 aliphatic rings. The summed E-state index contributed by atoms with van der Waals surface area (Å²) in [6, 6.07) is 6.79. The highest BCUT2D eigenvalue weighted by atomic mass is 35.5. The number of anilines is 1. The van der Waals surface area contributed by atoms with Gasteiger partial charge >= 0.3 is 0 Å². The van der Waals surface area contributed by atoms with Gasteiger partial charge in [0, 0.05) is 33.3 Å². The third-order valence-electron chi connectivity index (χ3n) is 3.32. The van der Waals surface area contributed by atoms with E-state index in [4.69, 9.17) is 16.3 Å². The van der Waals surface area contributed by atoms with Gasteiger partial charge in [0.25, 0.3) is 0 Å². The van der Waals surface area contributed by atoms with Crippen LogP contribution in [0.4, 0.5) is 5.69 Å². The van der Waals surface area contributed by atoms with Crippen LogP contribution in [0.3, 0.4) is 0 Å². The molecule has 1 saturated carbocycles. The van der Waals surface area contributed by atoms with Gasteiger partial charge in [-0.1, -0.05) is 23.7 Å². The molecule has 18 heavy (non-hydrogen) atoms. The van der Waals surface area contributed by atoms with Crippen molar-refractivity contribution in [2.45, 2.75) is 25.4 Å². The molecule has 0 spiro atoms. The number of para-hydroxylation sites is 1. The molecular weight excluding hydrogens is 248 g/mol. The van der Waals surface area contributed by atoms with Crippen LogP contribution >= 0.6 is 11.6 Å². The summed E-state index contributed by atoms with van der Waals surface area (Å²) in [5.74, 6) is 0. The lowest BCUT2D eigenvalue weighted by Gasteiger charge is -2.23. The van der Waals surface area contributed by atoms with Crippen LogP contribution in [-0.4, -0.2) is 33.4 Å². The van der Waals surface area contributed by atoms with E-state index in [1.165, 1.54) is 24.1 Å². The monoisotopic (exact) mass is 268 g/mol. The van der Waals surface area contributed by atoms with E-state index in [1.807, 2.05) is 12.1 Å². The van der Waals surface area contributed by atoms with E-state index in [0.717, 1.165) is 24.7 Å². The van der Waals surface area contributed by atoms with E-state index in [9.17, 15) is 0 Å². The third-order valence-corrected chi connectivity index (χ3v) is 3.62. The smallest absolute Gasteiger partial charge is 0.0642 e. The highest BCUT2D eigenvalue weighted by Crippen LogP contribution is 2.36. The number of ether oxygens (including phenoxy) is 1. The van der Waals surface area contributed by atoms with Crippen LogP contribution in [0.2, 0.25) is 5.02 Å². The average molecular weight is 269 g/mol. The van der Waals surface area contributed by atoms with Crippen molar-refractivity contribution < 1.29 is 4.74 Å². The maximum Gasteiger partial charge on any atom is 0.0642 e. The lowest BCUT2D eigenvalue weighted by molar-refractivity contribution is 0.199. The zero-order valence-corrected chi connectivity index (χ0v) is 11.8. The fourth-order valence-corrected chi connectivity index (χ4v) is 2.47. The van der Waals surface area contributed by atoms with Gasteiger partial charge in [0.2, 0.25) is 0 Å². The molecule has 0 saturated heterocycles. The topological polar surface area (TPSA) is 24.5 Å². The first-order valence-electron chi connectivity index (χ1n) is 6.44. The molecule has 0 aliphatic heterocycles. The molecule has 1 aromatic rings. The first-order chi connectivity index (χ1) is 8.74. The SMILES string of the molecule is COCCNCc1cccc(Cl)c1N(C)C1CC1. The van der Waals surface area contributed by atoms with E-state index >= 15 is 0 Å². The molecule has 4 heteroatoms. The van der Waals surface area contributed by atoms with Crippen molar-refractivity contribution in [3.8, 4) is 0 Å². The number of hydrogen-bond donors (Lipinski definition) is 1. The van der Waals surface area contributed by atoms with Gasteiger partial charge in [-0.25, -0.2) is 0 Å². The maximum atomic E-state index is 6.34. The number of halogens is 1. The Kier molecular flexibility index (Phi) is 4.87. The minimum absolute atomic E-state index is 0.669. The molecular formula is C14H21ClN2O. The number of nitrogens with one attached hydrogen (secondary N) is 1. The third kappa shape index (κ3) is 3.37. The van der Waals surface area contributed by atoms with Gasteiger partial charge in [0.1, 0.15) is 0 Å². The normalized spacial score (nSPS) is 14.8. The van der Waals surface area contributed by atoms with Crippen LogP contribution in [0.25, 0.3) is 0 Å². The number of nitrogens with zero attached hydrogens (tertiary/aromatic N) is 1. The highest BCUT2D eigenvalue weighted by molar-refractivity contribution is 6.33. The molecule has 0 aromatic heterocycles. The standard InChI is InChI=1S/C14H21ClN2O/c1-17(12-6-7-12)14-11(4-3-5-13(14)15)10-16-8-9-18-2/h3-5,12,16H,6-10H2,1-2H3. The molecule has 0 bridgehead atoms. The van der Waals surface area contributed by atoms with Crippen LogP contribution in [0.15, 0.2) is 18.2 Å². The minimum atomic E-state index is 0.669. The second-order valence-corrected chi connectivity index (χ2v) is 5.17. The van der Waals surface area contributed by atoms with E-state index in [2.05, 4.69) is 23.3 Å². The number of hydrogen-bond acceptors (Lipinski definition) is 3. The predicted molar refractivity (Wildman–Crippen MR) is 76.5 cm³/mol. The van der Waals surface area contributed by atoms with Crippen molar-refractivity contribution in [3.05, 3.63) is 28.8 Å². The van der Waals surface area contributed by atoms with Gasteiger partial charge in [0.15, 0.2) is 0 Å². The van der Waals surface area contributed by atoms with Crippen molar-refractivity contribution in [2.75, 3.05) is 32.2 Å². The van der Waals surface area contributed by atoms with E-state index in [-0.39, 0.29) is 0 Å². The zero-order valence-electron chi connectivity index (χ0n) is 11.1. The molecule has 100 valence electrons. The molecule has 0 heterocycles. The summed E-state index contributed by atoms with van der Waals surface area (Å²) in [6.45, 7) is 2.42. The van der Waals surface area contributed by atoms with Crippen LogP contribution < -0.4 is 10.2 Å². The maximum absolute atomic E-state index is 6.34. The van der Waals surface area contributed by atoms with Crippen LogP contribution in [0.5, 0.6) is 0 Å². The lowest BCUT2D eigenvalue weighted by atomic mass is 10.1. The largest absolute Gasteiger partial charge is 0.383 e. The average Bonchev–Trinajstić information content (AvgIpc) is 3.18.